The van der Waals surface area contributed by atoms with Crippen molar-refractivity contribution in [3.05, 3.63) is 65.0 Å². The first kappa shape index (κ1) is 18.0. The van der Waals surface area contributed by atoms with Crippen molar-refractivity contribution in [1.82, 2.24) is 29.8 Å². The van der Waals surface area contributed by atoms with Gasteiger partial charge in [0.2, 0.25) is 0 Å². The number of anilines is 1. The largest absolute Gasteiger partial charge is 0.333 e. The van der Waals surface area contributed by atoms with Crippen LogP contribution in [0.4, 0.5) is 14.7 Å². The number of halogens is 2. The molecule has 3 heterocycles. The van der Waals surface area contributed by atoms with E-state index in [9.17, 15) is 8.78 Å². The third-order valence-corrected chi connectivity index (χ3v) is 4.54. The van der Waals surface area contributed by atoms with Crippen molar-refractivity contribution >= 4 is 17.0 Å². The van der Waals surface area contributed by atoms with E-state index in [4.69, 9.17) is 0 Å². The highest BCUT2D eigenvalue weighted by atomic mass is 19.1. The van der Waals surface area contributed by atoms with E-state index in [2.05, 4.69) is 26.6 Å². The molecular formula is C19H18F2N7. The zero-order valence-corrected chi connectivity index (χ0v) is 15.7. The molecule has 0 bridgehead atoms. The number of rotatable bonds is 5. The quantitative estimate of drug-likeness (QED) is 0.531. The minimum atomic E-state index is -0.628. The summed E-state index contributed by atoms with van der Waals surface area (Å²) >= 11 is 0. The molecule has 4 aromatic rings. The molecule has 0 amide bonds. The molecule has 0 spiro atoms. The van der Waals surface area contributed by atoms with Crippen molar-refractivity contribution in [3.63, 3.8) is 0 Å². The van der Waals surface area contributed by atoms with Crippen molar-refractivity contribution in [3.8, 4) is 0 Å². The number of hydrogen-bond acceptors (Lipinski definition) is 5. The van der Waals surface area contributed by atoms with Gasteiger partial charge in [0.1, 0.15) is 17.3 Å². The molecule has 143 valence electrons. The van der Waals surface area contributed by atoms with Crippen LogP contribution in [-0.2, 0) is 27.2 Å². The number of benzene rings is 1. The Morgan fingerprint density at radius 1 is 1.04 bits per heavy atom. The summed E-state index contributed by atoms with van der Waals surface area (Å²) in [5.74, 6) is -0.905. The van der Waals surface area contributed by atoms with E-state index in [-0.39, 0.29) is 6.54 Å². The maximum absolute atomic E-state index is 13.6. The van der Waals surface area contributed by atoms with Gasteiger partial charge in [-0.2, -0.15) is 4.80 Å². The third-order valence-electron chi connectivity index (χ3n) is 4.54. The summed E-state index contributed by atoms with van der Waals surface area (Å²) in [5.41, 5.74) is 3.21. The van der Waals surface area contributed by atoms with Crippen LogP contribution in [0.3, 0.4) is 0 Å². The Kier molecular flexibility index (Phi) is 4.50. The highest BCUT2D eigenvalue weighted by Gasteiger charge is 2.16. The average molecular weight is 382 g/mol. The summed E-state index contributed by atoms with van der Waals surface area (Å²) in [7, 11) is 3.61. The van der Waals surface area contributed by atoms with Crippen LogP contribution in [0.5, 0.6) is 0 Å². The highest BCUT2D eigenvalue weighted by Crippen LogP contribution is 2.21. The fourth-order valence-electron chi connectivity index (χ4n) is 3.14. The molecule has 28 heavy (non-hydrogen) atoms. The molecule has 0 N–H and O–H groups in total. The average Bonchev–Trinajstić information content (AvgIpc) is 3.17. The zero-order chi connectivity index (χ0) is 19.8. The summed E-state index contributed by atoms with van der Waals surface area (Å²) in [6, 6.07) is 7.46. The Balaban J connectivity index is 1.67. The molecule has 0 saturated heterocycles. The van der Waals surface area contributed by atoms with E-state index in [1.165, 1.54) is 16.9 Å². The molecule has 1 radical (unpaired) electrons. The molecule has 0 aliphatic heterocycles. The topological polar surface area (TPSA) is 64.7 Å². The maximum atomic E-state index is 13.6. The second kappa shape index (κ2) is 6.99. The standard InChI is InChI=1S/C19H18F2N7/c1-12-4-15-5-14(9-22-18(15)26(12)2)11-28(19-23-25-27(3)24-19)10-13-6-16(20)8-17(21)7-13/h4-8H,10-11H2,1-3H3. The lowest BCUT2D eigenvalue weighted by Crippen LogP contribution is -2.24. The first-order valence-electron chi connectivity index (χ1n) is 8.66. The van der Waals surface area contributed by atoms with Crippen LogP contribution in [-0.4, -0.2) is 29.8 Å². The fourth-order valence-corrected chi connectivity index (χ4v) is 3.14. The lowest BCUT2D eigenvalue weighted by molar-refractivity contribution is 0.578. The Morgan fingerprint density at radius 2 is 1.79 bits per heavy atom. The first-order valence-corrected chi connectivity index (χ1v) is 8.66. The summed E-state index contributed by atoms with van der Waals surface area (Å²) in [4.78, 5) is 7.53. The van der Waals surface area contributed by atoms with Gasteiger partial charge in [-0.05, 0) is 42.0 Å². The number of fused-ring (bicyclic) bond motifs is 1. The van der Waals surface area contributed by atoms with Crippen LogP contribution < -0.4 is 4.90 Å². The predicted octanol–water partition coefficient (Wildman–Crippen LogP) is 2.69. The van der Waals surface area contributed by atoms with Crippen molar-refractivity contribution in [2.45, 2.75) is 20.0 Å². The smallest absolute Gasteiger partial charge is 0.266 e. The summed E-state index contributed by atoms with van der Waals surface area (Å²) in [6.45, 7) is 2.58. The minimum absolute atomic E-state index is 0.208. The van der Waals surface area contributed by atoms with E-state index < -0.39 is 11.6 Å². The van der Waals surface area contributed by atoms with Crippen molar-refractivity contribution < 1.29 is 8.78 Å². The van der Waals surface area contributed by atoms with Gasteiger partial charge in [-0.1, -0.05) is 5.10 Å². The maximum Gasteiger partial charge on any atom is 0.266 e. The lowest BCUT2D eigenvalue weighted by Gasteiger charge is -2.20. The summed E-state index contributed by atoms with van der Waals surface area (Å²) in [5, 5.41) is 13.1. The second-order valence-electron chi connectivity index (χ2n) is 6.73. The van der Waals surface area contributed by atoms with Crippen LogP contribution in [0, 0.1) is 24.8 Å². The first-order chi connectivity index (χ1) is 13.4. The molecule has 7 nitrogen and oxygen atoms in total. The molecule has 9 heteroatoms. The molecule has 0 aliphatic rings. The SMILES string of the molecule is Cc1cc2cc(CN(Cc3cc(F)cc(F)c3)c3nnn(C)n3)[c]nc2n1C. The van der Waals surface area contributed by atoms with E-state index in [0.29, 0.717) is 18.1 Å². The molecule has 1 aromatic carbocycles. The summed E-state index contributed by atoms with van der Waals surface area (Å²) < 4.78 is 29.2. The highest BCUT2D eigenvalue weighted by molar-refractivity contribution is 5.77. The second-order valence-corrected chi connectivity index (χ2v) is 6.73. The number of pyridine rings is 1. The Morgan fingerprint density at radius 3 is 2.46 bits per heavy atom. The van der Waals surface area contributed by atoms with Crippen LogP contribution in [0.25, 0.3) is 11.0 Å². The minimum Gasteiger partial charge on any atom is -0.333 e. The third kappa shape index (κ3) is 3.55. The van der Waals surface area contributed by atoms with Gasteiger partial charge in [0.25, 0.3) is 5.95 Å². The van der Waals surface area contributed by atoms with Gasteiger partial charge in [0, 0.05) is 42.8 Å². The van der Waals surface area contributed by atoms with Gasteiger partial charge in [0.15, 0.2) is 0 Å². The number of tetrazole rings is 1. The number of aromatic nitrogens is 6. The van der Waals surface area contributed by atoms with Crippen LogP contribution in [0.2, 0.25) is 0 Å². The van der Waals surface area contributed by atoms with E-state index in [1.54, 1.807) is 11.9 Å². The van der Waals surface area contributed by atoms with Gasteiger partial charge in [0.05, 0.1) is 13.2 Å². The van der Waals surface area contributed by atoms with Crippen LogP contribution >= 0.6 is 0 Å². The molecule has 0 atom stereocenters. The normalized spacial score (nSPS) is 11.3. The Hall–Kier alpha value is -3.36. The van der Waals surface area contributed by atoms with E-state index >= 15 is 0 Å². The zero-order valence-electron chi connectivity index (χ0n) is 15.7. The van der Waals surface area contributed by atoms with Gasteiger partial charge < -0.3 is 9.47 Å². The molecule has 0 fully saturated rings. The molecule has 0 aliphatic carbocycles. The lowest BCUT2D eigenvalue weighted by atomic mass is 10.1. The monoisotopic (exact) mass is 382 g/mol. The number of hydrogen-bond donors (Lipinski definition) is 0. The van der Waals surface area contributed by atoms with Gasteiger partial charge in [-0.25, -0.2) is 13.8 Å². The van der Waals surface area contributed by atoms with Crippen LogP contribution in [0.15, 0.2) is 30.3 Å². The predicted molar refractivity (Wildman–Crippen MR) is 99.3 cm³/mol. The molecule has 0 saturated carbocycles. The van der Waals surface area contributed by atoms with Crippen molar-refractivity contribution in [1.29, 1.82) is 0 Å². The number of nitrogens with zero attached hydrogens (tertiary/aromatic N) is 7. The molecule has 3 aromatic heterocycles. The number of aryl methyl sites for hydroxylation is 3. The fraction of sp³-hybridized carbons (Fsp3) is 0.263. The van der Waals surface area contributed by atoms with Gasteiger partial charge >= 0.3 is 0 Å². The molecular weight excluding hydrogens is 364 g/mol. The molecule has 4 rings (SSSR count). The van der Waals surface area contributed by atoms with E-state index in [0.717, 1.165) is 28.4 Å². The Bertz CT molecular complexity index is 1130. The van der Waals surface area contributed by atoms with Gasteiger partial charge in [-0.15, -0.1) is 5.10 Å². The van der Waals surface area contributed by atoms with Gasteiger partial charge in [-0.3, -0.25) is 0 Å². The Labute approximate surface area is 160 Å². The van der Waals surface area contributed by atoms with E-state index in [1.807, 2.05) is 30.7 Å². The molecule has 0 unspecified atom stereocenters. The van der Waals surface area contributed by atoms with Crippen LogP contribution in [0.1, 0.15) is 16.8 Å². The van der Waals surface area contributed by atoms with Crippen molar-refractivity contribution in [2.24, 2.45) is 14.1 Å². The van der Waals surface area contributed by atoms with Crippen molar-refractivity contribution in [2.75, 3.05) is 4.90 Å². The summed E-state index contributed by atoms with van der Waals surface area (Å²) in [6.07, 6.45) is 3.04.